The fourth-order valence-electron chi connectivity index (χ4n) is 3.65. The van der Waals surface area contributed by atoms with E-state index in [1.165, 1.54) is 0 Å². The van der Waals surface area contributed by atoms with Gasteiger partial charge in [0.1, 0.15) is 6.61 Å². The Morgan fingerprint density at radius 1 is 0.912 bits per heavy atom. The summed E-state index contributed by atoms with van der Waals surface area (Å²) in [4.78, 5) is 25.1. The third-order valence-corrected chi connectivity index (χ3v) is 17.0. The maximum absolute atomic E-state index is 12.8. The predicted octanol–water partition coefficient (Wildman–Crippen LogP) is 2.68. The number of hydrogen-bond donors (Lipinski definition) is 3. The normalized spacial score (nSPS) is 26.4. The van der Waals surface area contributed by atoms with Gasteiger partial charge < -0.3 is 37.1 Å². The first-order valence-electron chi connectivity index (χ1n) is 11.3. The minimum Gasteiger partial charge on any atom is -0.423 e. The number of carbonyl (C=O) groups is 2. The Labute approximate surface area is 207 Å². The molecule has 1 aliphatic rings. The number of aliphatic hydroxyl groups excluding tert-OH is 1. The van der Waals surface area contributed by atoms with Gasteiger partial charge in [0, 0.05) is 5.57 Å². The second-order valence-electron chi connectivity index (χ2n) is 11.5. The van der Waals surface area contributed by atoms with E-state index >= 15 is 0 Å². The molecule has 3 N–H and O–H groups in total. The Bertz CT molecular complexity index is 745. The molecule has 1 heterocycles. The topological polar surface area (TPSA) is 141 Å². The summed E-state index contributed by atoms with van der Waals surface area (Å²) in [5.74, 6) is -8.10. The van der Waals surface area contributed by atoms with Gasteiger partial charge in [-0.25, -0.2) is 4.79 Å². The number of cyclic esters (lactones) is 2. The zero-order valence-electron chi connectivity index (χ0n) is 22.1. The van der Waals surface area contributed by atoms with E-state index in [-0.39, 0.29) is 12.0 Å². The van der Waals surface area contributed by atoms with Crippen molar-refractivity contribution < 1.29 is 46.7 Å². The maximum Gasteiger partial charge on any atom is 0.479 e. The Kier molecular flexibility index (Phi) is 9.54. The van der Waals surface area contributed by atoms with E-state index in [9.17, 15) is 24.9 Å². The SMILES string of the molecule is C=C1CC(=O)OC(O)(CO)C(O)(C(CC)[Si](O[Si](C)(C)C)(O[Si](C)(C)C)O[Si](C)(C)C)OC1=O. The summed E-state index contributed by atoms with van der Waals surface area (Å²) in [7, 11) is -11.4. The van der Waals surface area contributed by atoms with Crippen LogP contribution in [0.3, 0.4) is 0 Å². The molecule has 198 valence electrons. The monoisotopic (exact) mass is 554 g/mol. The van der Waals surface area contributed by atoms with Crippen LogP contribution in [0.4, 0.5) is 0 Å². The van der Waals surface area contributed by atoms with Gasteiger partial charge in [-0.2, -0.15) is 0 Å². The molecular weight excluding hydrogens is 513 g/mol. The molecule has 1 rings (SSSR count). The summed E-state index contributed by atoms with van der Waals surface area (Å²) < 4.78 is 30.4. The molecule has 0 aromatic carbocycles. The molecule has 0 radical (unpaired) electrons. The largest absolute Gasteiger partial charge is 0.479 e. The molecule has 1 aliphatic heterocycles. The Morgan fingerprint density at radius 3 is 1.65 bits per heavy atom. The quantitative estimate of drug-likeness (QED) is 0.210. The van der Waals surface area contributed by atoms with Crippen LogP contribution in [-0.2, 0) is 31.4 Å². The van der Waals surface area contributed by atoms with E-state index in [4.69, 9.17) is 21.8 Å². The first-order chi connectivity index (χ1) is 15.0. The standard InChI is InChI=1S/C20H42O10Si4/c1-12-16(20(25)19(24,14-21)26-17(22)13-15(2)18(23)27-20)34(28-31(3,4)5,29-32(6,7)8)30-33(9,10)11/h16,21,24-25H,2,12-14H2,1,3-11H3. The third-order valence-electron chi connectivity index (χ3n) is 4.60. The highest BCUT2D eigenvalue weighted by Crippen LogP contribution is 2.49. The average molecular weight is 555 g/mol. The minimum atomic E-state index is -4.04. The molecule has 3 atom stereocenters. The van der Waals surface area contributed by atoms with Crippen LogP contribution in [0.1, 0.15) is 19.8 Å². The van der Waals surface area contributed by atoms with Gasteiger partial charge in [-0.1, -0.05) is 13.5 Å². The van der Waals surface area contributed by atoms with Gasteiger partial charge in [0.25, 0.3) is 5.79 Å². The van der Waals surface area contributed by atoms with Crippen LogP contribution in [0.25, 0.3) is 0 Å². The molecule has 0 aliphatic carbocycles. The van der Waals surface area contributed by atoms with Gasteiger partial charge in [-0.05, 0) is 65.3 Å². The summed E-state index contributed by atoms with van der Waals surface area (Å²) in [6.07, 6.45) is -0.527. The zero-order valence-corrected chi connectivity index (χ0v) is 26.1. The Balaban J connectivity index is 4.00. The first-order valence-corrected chi connectivity index (χ1v) is 23.3. The van der Waals surface area contributed by atoms with Crippen molar-refractivity contribution in [3.05, 3.63) is 12.2 Å². The lowest BCUT2D eigenvalue weighted by atomic mass is 9.98. The number of ether oxygens (including phenoxy) is 2. The number of carbonyl (C=O) groups excluding carboxylic acids is 2. The highest BCUT2D eigenvalue weighted by molar-refractivity contribution is 6.90. The van der Waals surface area contributed by atoms with E-state index in [1.54, 1.807) is 6.92 Å². The van der Waals surface area contributed by atoms with Crippen LogP contribution in [0.5, 0.6) is 0 Å². The number of esters is 2. The molecule has 0 aromatic heterocycles. The van der Waals surface area contributed by atoms with Crippen molar-refractivity contribution in [2.24, 2.45) is 0 Å². The summed E-state index contributed by atoms with van der Waals surface area (Å²) in [6.45, 7) is 21.3. The summed E-state index contributed by atoms with van der Waals surface area (Å²) >= 11 is 0. The van der Waals surface area contributed by atoms with Gasteiger partial charge in [-0.15, -0.1) is 0 Å². The van der Waals surface area contributed by atoms with Crippen LogP contribution in [0.15, 0.2) is 12.2 Å². The molecular formula is C20H42O10Si4. The van der Waals surface area contributed by atoms with Crippen LogP contribution in [-0.4, -0.2) is 79.2 Å². The number of rotatable bonds is 10. The smallest absolute Gasteiger partial charge is 0.423 e. The van der Waals surface area contributed by atoms with E-state index in [2.05, 4.69) is 6.58 Å². The van der Waals surface area contributed by atoms with Gasteiger partial charge in [0.2, 0.25) is 0 Å². The number of hydrogen-bond acceptors (Lipinski definition) is 10. The van der Waals surface area contributed by atoms with Gasteiger partial charge in [0.05, 0.1) is 12.0 Å². The molecule has 0 aromatic rings. The second kappa shape index (κ2) is 10.4. The molecule has 0 amide bonds. The van der Waals surface area contributed by atoms with Gasteiger partial charge in [-0.3, -0.25) is 4.79 Å². The molecule has 0 saturated carbocycles. The molecule has 10 nitrogen and oxygen atoms in total. The lowest BCUT2D eigenvalue weighted by molar-refractivity contribution is -0.374. The average Bonchev–Trinajstić information content (AvgIpc) is 2.55. The highest BCUT2D eigenvalue weighted by Gasteiger charge is 2.71. The van der Waals surface area contributed by atoms with Crippen molar-refractivity contribution in [2.75, 3.05) is 6.61 Å². The van der Waals surface area contributed by atoms with Crippen LogP contribution >= 0.6 is 0 Å². The van der Waals surface area contributed by atoms with Crippen LogP contribution in [0, 0.1) is 0 Å². The van der Waals surface area contributed by atoms with E-state index in [1.807, 2.05) is 58.9 Å². The Hall–Kier alpha value is -0.692. The highest BCUT2D eigenvalue weighted by atomic mass is 28.5. The van der Waals surface area contributed by atoms with Gasteiger partial charge >= 0.3 is 26.5 Å². The van der Waals surface area contributed by atoms with E-state index < -0.39 is 75.8 Å². The summed E-state index contributed by atoms with van der Waals surface area (Å²) in [5, 5.41) is 33.3. The van der Waals surface area contributed by atoms with Crippen molar-refractivity contribution >= 4 is 45.7 Å². The minimum absolute atomic E-state index is 0.0434. The van der Waals surface area contributed by atoms with Crippen molar-refractivity contribution in [1.82, 2.24) is 0 Å². The van der Waals surface area contributed by atoms with Crippen LogP contribution < -0.4 is 0 Å². The molecule has 3 unspecified atom stereocenters. The molecule has 0 spiro atoms. The van der Waals surface area contributed by atoms with E-state index in [0.29, 0.717) is 0 Å². The predicted molar refractivity (Wildman–Crippen MR) is 136 cm³/mol. The second-order valence-corrected chi connectivity index (χ2v) is 28.5. The molecule has 1 fully saturated rings. The Morgan fingerprint density at radius 2 is 1.32 bits per heavy atom. The first kappa shape index (κ1) is 31.3. The van der Waals surface area contributed by atoms with Crippen molar-refractivity contribution in [3.8, 4) is 0 Å². The molecule has 1 saturated heterocycles. The molecule has 14 heteroatoms. The summed E-state index contributed by atoms with van der Waals surface area (Å²) in [5.41, 5.74) is -1.57. The zero-order chi connectivity index (χ0) is 27.0. The van der Waals surface area contributed by atoms with E-state index in [0.717, 1.165) is 0 Å². The third kappa shape index (κ3) is 7.65. The van der Waals surface area contributed by atoms with Crippen LogP contribution in [0.2, 0.25) is 64.5 Å². The lowest BCUT2D eigenvalue weighted by Gasteiger charge is -2.52. The fraction of sp³-hybridized carbons (Fsp3) is 0.800. The molecule has 0 bridgehead atoms. The lowest BCUT2D eigenvalue weighted by Crippen LogP contribution is -2.73. The maximum atomic E-state index is 12.8. The van der Waals surface area contributed by atoms with Gasteiger partial charge in [0.15, 0.2) is 25.0 Å². The van der Waals surface area contributed by atoms with Crippen molar-refractivity contribution in [2.45, 2.75) is 95.8 Å². The molecule has 34 heavy (non-hydrogen) atoms. The summed E-state index contributed by atoms with van der Waals surface area (Å²) in [6, 6.07) is 0. The van der Waals surface area contributed by atoms with Crippen molar-refractivity contribution in [3.63, 3.8) is 0 Å². The number of aliphatic hydroxyl groups is 3. The fourth-order valence-corrected chi connectivity index (χ4v) is 18.5. The van der Waals surface area contributed by atoms with Crippen molar-refractivity contribution in [1.29, 1.82) is 0 Å².